The summed E-state index contributed by atoms with van der Waals surface area (Å²) in [5, 5.41) is 72.1. The van der Waals surface area contributed by atoms with E-state index >= 15 is 0 Å². The lowest BCUT2D eigenvalue weighted by Gasteiger charge is -2.42. The smallest absolute Gasteiger partial charge is 0.306 e. The van der Waals surface area contributed by atoms with Crippen LogP contribution in [0.15, 0.2) is 60.8 Å². The highest BCUT2D eigenvalue weighted by atomic mass is 16.7. The Kier molecular flexibility index (Phi) is 36.8. The third kappa shape index (κ3) is 28.7. The lowest BCUT2D eigenvalue weighted by molar-refractivity contribution is -0.332. The number of ether oxygens (including phenoxy) is 6. The first kappa shape index (κ1) is 62.3. The Labute approximate surface area is 413 Å². The van der Waals surface area contributed by atoms with E-state index < -0.39 is 99.3 Å². The van der Waals surface area contributed by atoms with Crippen LogP contribution in [0.2, 0.25) is 0 Å². The molecule has 2 aliphatic rings. The Morgan fingerprint density at radius 1 is 0.478 bits per heavy atom. The van der Waals surface area contributed by atoms with Gasteiger partial charge in [-0.25, -0.2) is 0 Å². The molecule has 2 rings (SSSR count). The molecule has 398 valence electrons. The molecule has 0 spiro atoms. The van der Waals surface area contributed by atoms with Gasteiger partial charge in [0.2, 0.25) is 0 Å². The van der Waals surface area contributed by atoms with Gasteiger partial charge in [0.1, 0.15) is 55.4 Å². The molecule has 2 saturated heterocycles. The lowest BCUT2D eigenvalue weighted by atomic mass is 9.98. The second kappa shape index (κ2) is 40.8. The molecule has 0 aliphatic carbocycles. The van der Waals surface area contributed by atoms with Gasteiger partial charge in [0.15, 0.2) is 18.7 Å². The number of hydrogen-bond acceptors (Lipinski definition) is 15. The highest BCUT2D eigenvalue weighted by Crippen LogP contribution is 2.26. The zero-order chi connectivity index (χ0) is 50.3. The molecule has 15 heteroatoms. The van der Waals surface area contributed by atoms with Crippen LogP contribution < -0.4 is 0 Å². The van der Waals surface area contributed by atoms with Gasteiger partial charge in [-0.15, -0.1) is 0 Å². The second-order valence-electron chi connectivity index (χ2n) is 18.3. The zero-order valence-corrected chi connectivity index (χ0v) is 42.0. The molecular formula is C54H92O15. The number of aliphatic hydroxyl groups excluding tert-OH is 7. The SMILES string of the molecule is CC/C=C\C/C=C\C/C=C\C/C=C\CCCCCCCCC(=O)OC(COC(=O)CCCCCCC/C=C\CCCCCCC)COC1OC(COC2OC(CO)C(O)C(O)C2O)C(O)C(O)C1O. The van der Waals surface area contributed by atoms with Gasteiger partial charge < -0.3 is 64.2 Å². The first-order valence-corrected chi connectivity index (χ1v) is 26.4. The van der Waals surface area contributed by atoms with Gasteiger partial charge in [-0.05, 0) is 77.0 Å². The molecule has 0 amide bonds. The van der Waals surface area contributed by atoms with Crippen LogP contribution in [0, 0.1) is 0 Å². The molecule has 11 unspecified atom stereocenters. The minimum absolute atomic E-state index is 0.145. The number of carbonyl (C=O) groups is 2. The highest BCUT2D eigenvalue weighted by Gasteiger charge is 2.47. The standard InChI is InChI=1S/C54H92O15/c1-3-5-7-9-11-13-15-17-19-20-21-22-23-25-27-29-31-33-35-37-46(57)67-42(39-64-45(56)36-34-32-30-28-26-24-18-16-14-12-10-8-6-4-2)40-65-53-52(63)50(61)48(59)44(69-53)41-66-54-51(62)49(60)47(58)43(38-55)68-54/h5,7,11,13,16-19,21-22,42-44,47-55,58-63H,3-4,6,8-10,12,14-15,20,23-41H2,1-2H3/b7-5-,13-11-,18-16-,19-17-,22-21-. The van der Waals surface area contributed by atoms with Gasteiger partial charge >= 0.3 is 11.9 Å². The Bertz CT molecular complexity index is 1430. The number of rotatable bonds is 40. The van der Waals surface area contributed by atoms with E-state index in [0.717, 1.165) is 103 Å². The molecular weight excluding hydrogens is 889 g/mol. The fraction of sp³-hybridized carbons (Fsp3) is 0.778. The fourth-order valence-electron chi connectivity index (χ4n) is 7.91. The zero-order valence-electron chi connectivity index (χ0n) is 42.0. The van der Waals surface area contributed by atoms with Gasteiger partial charge in [0.05, 0.1) is 19.8 Å². The molecule has 0 aromatic carbocycles. The summed E-state index contributed by atoms with van der Waals surface area (Å²) in [6.45, 7) is 2.44. The molecule has 2 heterocycles. The molecule has 0 radical (unpaired) electrons. The summed E-state index contributed by atoms with van der Waals surface area (Å²) in [6, 6.07) is 0. The van der Waals surface area contributed by atoms with Crippen molar-refractivity contribution in [2.24, 2.45) is 0 Å². The summed E-state index contributed by atoms with van der Waals surface area (Å²) in [7, 11) is 0. The van der Waals surface area contributed by atoms with Gasteiger partial charge in [-0.2, -0.15) is 0 Å². The molecule has 0 saturated carbocycles. The first-order valence-electron chi connectivity index (χ1n) is 26.4. The molecule has 2 fully saturated rings. The number of carbonyl (C=O) groups excluding carboxylic acids is 2. The van der Waals surface area contributed by atoms with Crippen molar-refractivity contribution in [1.82, 2.24) is 0 Å². The maximum Gasteiger partial charge on any atom is 0.306 e. The predicted octanol–water partition coefficient (Wildman–Crippen LogP) is 7.66. The van der Waals surface area contributed by atoms with E-state index in [2.05, 4.69) is 74.6 Å². The molecule has 2 aliphatic heterocycles. The van der Waals surface area contributed by atoms with E-state index in [9.17, 15) is 45.3 Å². The van der Waals surface area contributed by atoms with Crippen LogP contribution in [0.1, 0.15) is 174 Å². The van der Waals surface area contributed by atoms with Crippen LogP contribution in [0.5, 0.6) is 0 Å². The number of unbranched alkanes of at least 4 members (excludes halogenated alkanes) is 16. The minimum atomic E-state index is -1.77. The average molecular weight is 981 g/mol. The fourth-order valence-corrected chi connectivity index (χ4v) is 7.91. The van der Waals surface area contributed by atoms with E-state index in [0.29, 0.717) is 12.8 Å². The number of aliphatic hydroxyl groups is 7. The highest BCUT2D eigenvalue weighted by molar-refractivity contribution is 5.70. The van der Waals surface area contributed by atoms with Gasteiger partial charge in [-0.3, -0.25) is 9.59 Å². The molecule has 69 heavy (non-hydrogen) atoms. The van der Waals surface area contributed by atoms with Crippen molar-refractivity contribution in [3.05, 3.63) is 60.8 Å². The maximum atomic E-state index is 13.0. The topological polar surface area (TPSA) is 231 Å². The molecule has 0 bridgehead atoms. The van der Waals surface area contributed by atoms with E-state index in [4.69, 9.17) is 28.4 Å². The minimum Gasteiger partial charge on any atom is -0.462 e. The van der Waals surface area contributed by atoms with E-state index in [-0.39, 0.29) is 19.4 Å². The van der Waals surface area contributed by atoms with Crippen LogP contribution >= 0.6 is 0 Å². The van der Waals surface area contributed by atoms with Crippen molar-refractivity contribution in [3.8, 4) is 0 Å². The van der Waals surface area contributed by atoms with Crippen LogP contribution in [-0.4, -0.2) is 142 Å². The Morgan fingerprint density at radius 2 is 0.913 bits per heavy atom. The Hall–Kier alpha value is -2.80. The van der Waals surface area contributed by atoms with Crippen LogP contribution in [0.4, 0.5) is 0 Å². The Balaban J connectivity index is 1.81. The summed E-state index contributed by atoms with van der Waals surface area (Å²) >= 11 is 0. The van der Waals surface area contributed by atoms with Crippen molar-refractivity contribution in [2.75, 3.05) is 26.4 Å². The van der Waals surface area contributed by atoms with Gasteiger partial charge in [0, 0.05) is 12.8 Å². The number of hydrogen-bond donors (Lipinski definition) is 7. The maximum absolute atomic E-state index is 13.0. The van der Waals surface area contributed by atoms with Crippen molar-refractivity contribution in [2.45, 2.75) is 242 Å². The van der Waals surface area contributed by atoms with Gasteiger partial charge in [-0.1, -0.05) is 145 Å². The van der Waals surface area contributed by atoms with Crippen LogP contribution in [0.25, 0.3) is 0 Å². The van der Waals surface area contributed by atoms with Crippen LogP contribution in [0.3, 0.4) is 0 Å². The summed E-state index contributed by atoms with van der Waals surface area (Å²) in [5.41, 5.74) is 0. The molecule has 15 nitrogen and oxygen atoms in total. The monoisotopic (exact) mass is 981 g/mol. The molecule has 11 atom stereocenters. The average Bonchev–Trinajstić information content (AvgIpc) is 3.34. The van der Waals surface area contributed by atoms with Crippen molar-refractivity contribution in [1.29, 1.82) is 0 Å². The Morgan fingerprint density at radius 3 is 1.45 bits per heavy atom. The quantitative estimate of drug-likeness (QED) is 0.0178. The lowest BCUT2D eigenvalue weighted by Crippen LogP contribution is -2.61. The van der Waals surface area contributed by atoms with Crippen molar-refractivity contribution in [3.63, 3.8) is 0 Å². The number of allylic oxidation sites excluding steroid dienone is 10. The number of esters is 2. The molecule has 0 aromatic rings. The summed E-state index contributed by atoms with van der Waals surface area (Å²) in [6.07, 6.45) is 29.5. The van der Waals surface area contributed by atoms with E-state index in [1.54, 1.807) is 0 Å². The summed E-state index contributed by atoms with van der Waals surface area (Å²) < 4.78 is 33.6. The second-order valence-corrected chi connectivity index (χ2v) is 18.3. The van der Waals surface area contributed by atoms with E-state index in [1.165, 1.54) is 32.1 Å². The molecule has 7 N–H and O–H groups in total. The van der Waals surface area contributed by atoms with Crippen molar-refractivity contribution < 1.29 is 73.8 Å². The predicted molar refractivity (Wildman–Crippen MR) is 266 cm³/mol. The largest absolute Gasteiger partial charge is 0.462 e. The van der Waals surface area contributed by atoms with Crippen molar-refractivity contribution >= 4 is 11.9 Å². The normalized spacial score (nSPS) is 26.0. The summed E-state index contributed by atoms with van der Waals surface area (Å²) in [5.74, 6) is -0.954. The van der Waals surface area contributed by atoms with Gasteiger partial charge in [0.25, 0.3) is 0 Å². The van der Waals surface area contributed by atoms with Crippen LogP contribution in [-0.2, 0) is 38.0 Å². The summed E-state index contributed by atoms with van der Waals surface area (Å²) in [4.78, 5) is 25.8. The third-order valence-electron chi connectivity index (χ3n) is 12.2. The van der Waals surface area contributed by atoms with E-state index in [1.807, 2.05) is 0 Å². The third-order valence-corrected chi connectivity index (χ3v) is 12.2. The first-order chi connectivity index (χ1) is 33.5. The molecule has 0 aromatic heterocycles.